The average Bonchev–Trinajstić information content (AvgIpc) is 2.08. The van der Waals surface area contributed by atoms with Gasteiger partial charge < -0.3 is 5.73 Å². The number of carbonyl (C=O) groups is 1. The third-order valence-electron chi connectivity index (χ3n) is 2.90. The summed E-state index contributed by atoms with van der Waals surface area (Å²) in [6, 6.07) is 4.22. The van der Waals surface area contributed by atoms with E-state index in [4.69, 9.17) is 5.73 Å². The molecule has 1 aromatic rings. The minimum absolute atomic E-state index is 0.0857. The molecule has 0 amide bonds. The second-order valence-electron chi connectivity index (χ2n) is 5.20. The van der Waals surface area contributed by atoms with E-state index < -0.39 is 5.54 Å². The van der Waals surface area contributed by atoms with Crippen molar-refractivity contribution in [3.05, 3.63) is 34.4 Å². The number of nitrogens with two attached hydrogens (primary N) is 1. The third-order valence-corrected chi connectivity index (χ3v) is 2.90. The van der Waals surface area contributed by atoms with Crippen molar-refractivity contribution in [2.24, 2.45) is 5.73 Å². The molecule has 0 aliphatic carbocycles. The molecule has 0 fully saturated rings. The molecule has 2 heteroatoms. The molecule has 0 aromatic heterocycles. The van der Waals surface area contributed by atoms with Gasteiger partial charge in [0.15, 0.2) is 5.78 Å². The molecule has 0 aliphatic heterocycles. The van der Waals surface area contributed by atoms with E-state index in [2.05, 4.69) is 19.1 Å². The summed E-state index contributed by atoms with van der Waals surface area (Å²) in [5, 5.41) is 0. The van der Waals surface area contributed by atoms with Gasteiger partial charge in [-0.1, -0.05) is 17.7 Å². The highest BCUT2D eigenvalue weighted by Gasteiger charge is 2.22. The third kappa shape index (κ3) is 2.92. The van der Waals surface area contributed by atoms with Crippen molar-refractivity contribution < 1.29 is 4.79 Å². The van der Waals surface area contributed by atoms with Crippen LogP contribution >= 0.6 is 0 Å². The van der Waals surface area contributed by atoms with Gasteiger partial charge in [-0.25, -0.2) is 0 Å². The average molecular weight is 219 g/mol. The summed E-state index contributed by atoms with van der Waals surface area (Å²) in [6.07, 6.45) is 0.432. The minimum atomic E-state index is -0.746. The summed E-state index contributed by atoms with van der Waals surface area (Å²) in [5.41, 5.74) is 9.77. The van der Waals surface area contributed by atoms with Gasteiger partial charge in [-0.05, 0) is 51.3 Å². The van der Waals surface area contributed by atoms with Crippen LogP contribution in [0.1, 0.15) is 36.1 Å². The molecular weight excluding hydrogens is 198 g/mol. The maximum Gasteiger partial charge on any atom is 0.156 e. The fourth-order valence-electron chi connectivity index (χ4n) is 1.88. The van der Waals surface area contributed by atoms with Gasteiger partial charge in [-0.15, -0.1) is 0 Å². The number of rotatable bonds is 3. The van der Waals surface area contributed by atoms with E-state index in [1.165, 1.54) is 16.7 Å². The van der Waals surface area contributed by atoms with Crippen molar-refractivity contribution in [3.63, 3.8) is 0 Å². The zero-order valence-electron chi connectivity index (χ0n) is 10.8. The fourth-order valence-corrected chi connectivity index (χ4v) is 1.88. The largest absolute Gasteiger partial charge is 0.319 e. The van der Waals surface area contributed by atoms with E-state index >= 15 is 0 Å². The molecule has 16 heavy (non-hydrogen) atoms. The van der Waals surface area contributed by atoms with Crippen molar-refractivity contribution in [2.45, 2.75) is 46.6 Å². The molecule has 0 saturated carbocycles. The molecule has 88 valence electrons. The lowest BCUT2D eigenvalue weighted by Crippen LogP contribution is -2.42. The molecule has 1 rings (SSSR count). The Bertz CT molecular complexity index is 390. The zero-order valence-corrected chi connectivity index (χ0v) is 10.8. The monoisotopic (exact) mass is 219 g/mol. The Balaban J connectivity index is 3.03. The van der Waals surface area contributed by atoms with Gasteiger partial charge in [-0.2, -0.15) is 0 Å². The van der Waals surface area contributed by atoms with E-state index in [1.807, 2.05) is 13.8 Å². The second kappa shape index (κ2) is 4.38. The lowest BCUT2D eigenvalue weighted by Gasteiger charge is -2.18. The summed E-state index contributed by atoms with van der Waals surface area (Å²) in [4.78, 5) is 11.9. The predicted octanol–water partition coefficient (Wildman–Crippen LogP) is 2.46. The van der Waals surface area contributed by atoms with Gasteiger partial charge in [0.05, 0.1) is 5.54 Å². The quantitative estimate of drug-likeness (QED) is 0.848. The highest BCUT2D eigenvalue weighted by atomic mass is 16.1. The molecule has 0 atom stereocenters. The molecule has 0 radical (unpaired) electrons. The van der Waals surface area contributed by atoms with Crippen LogP contribution in [0.4, 0.5) is 0 Å². The summed E-state index contributed by atoms with van der Waals surface area (Å²) < 4.78 is 0. The van der Waals surface area contributed by atoms with Crippen LogP contribution in [0, 0.1) is 20.8 Å². The molecule has 0 heterocycles. The molecule has 0 saturated heterocycles. The Kier molecular flexibility index (Phi) is 3.54. The van der Waals surface area contributed by atoms with Crippen LogP contribution < -0.4 is 5.73 Å². The van der Waals surface area contributed by atoms with Crippen LogP contribution in [0.5, 0.6) is 0 Å². The standard InChI is InChI=1S/C14H21NO/c1-9-6-10(2)12(11(3)7-9)8-13(16)14(4,5)15/h6-7H,8,15H2,1-5H3. The first-order valence-electron chi connectivity index (χ1n) is 5.60. The van der Waals surface area contributed by atoms with Crippen LogP contribution in [0.2, 0.25) is 0 Å². The maximum absolute atomic E-state index is 11.9. The summed E-state index contributed by atoms with van der Waals surface area (Å²) in [6.45, 7) is 9.68. The first-order chi connectivity index (χ1) is 7.21. The molecule has 1 aromatic carbocycles. The van der Waals surface area contributed by atoms with Crippen LogP contribution in [0.3, 0.4) is 0 Å². The maximum atomic E-state index is 11.9. The molecule has 0 bridgehead atoms. The SMILES string of the molecule is Cc1cc(C)c(CC(=O)C(C)(C)N)c(C)c1. The van der Waals surface area contributed by atoms with Crippen LogP contribution in [0.15, 0.2) is 12.1 Å². The predicted molar refractivity (Wildman–Crippen MR) is 67.6 cm³/mol. The van der Waals surface area contributed by atoms with Crippen molar-refractivity contribution in [1.82, 2.24) is 0 Å². The number of hydrogen-bond acceptors (Lipinski definition) is 2. The summed E-state index contributed by atoms with van der Waals surface area (Å²) in [5.74, 6) is 0.0857. The van der Waals surface area contributed by atoms with Gasteiger partial charge in [0.25, 0.3) is 0 Å². The van der Waals surface area contributed by atoms with Crippen molar-refractivity contribution in [1.29, 1.82) is 0 Å². The van der Waals surface area contributed by atoms with Gasteiger partial charge in [-0.3, -0.25) is 4.79 Å². The van der Waals surface area contributed by atoms with Crippen LogP contribution in [0.25, 0.3) is 0 Å². The first-order valence-corrected chi connectivity index (χ1v) is 5.60. The number of hydrogen-bond donors (Lipinski definition) is 1. The normalized spacial score (nSPS) is 11.6. The van der Waals surface area contributed by atoms with Gasteiger partial charge >= 0.3 is 0 Å². The smallest absolute Gasteiger partial charge is 0.156 e. The lowest BCUT2D eigenvalue weighted by atomic mass is 9.90. The van der Waals surface area contributed by atoms with Crippen LogP contribution in [-0.4, -0.2) is 11.3 Å². The Hall–Kier alpha value is -1.15. The number of carbonyl (C=O) groups excluding carboxylic acids is 1. The Morgan fingerprint density at radius 2 is 1.62 bits per heavy atom. The van der Waals surface area contributed by atoms with Crippen molar-refractivity contribution >= 4 is 5.78 Å². The fraction of sp³-hybridized carbons (Fsp3) is 0.500. The Morgan fingerprint density at radius 3 is 2.00 bits per heavy atom. The summed E-state index contributed by atoms with van der Waals surface area (Å²) >= 11 is 0. The highest BCUT2D eigenvalue weighted by Crippen LogP contribution is 2.18. The molecule has 0 spiro atoms. The molecule has 0 unspecified atom stereocenters. The van der Waals surface area contributed by atoms with E-state index in [1.54, 1.807) is 13.8 Å². The van der Waals surface area contributed by atoms with E-state index in [9.17, 15) is 4.79 Å². The number of benzene rings is 1. The lowest BCUT2D eigenvalue weighted by molar-refractivity contribution is -0.122. The first kappa shape index (κ1) is 12.9. The molecule has 2 N–H and O–H groups in total. The zero-order chi connectivity index (χ0) is 12.5. The topological polar surface area (TPSA) is 43.1 Å². The Morgan fingerprint density at radius 1 is 1.19 bits per heavy atom. The van der Waals surface area contributed by atoms with Crippen molar-refractivity contribution in [2.75, 3.05) is 0 Å². The minimum Gasteiger partial charge on any atom is -0.319 e. The van der Waals surface area contributed by atoms with E-state index in [0.717, 1.165) is 5.56 Å². The molecule has 0 aliphatic rings. The number of ketones is 1. The molecular formula is C14H21NO. The second-order valence-corrected chi connectivity index (χ2v) is 5.20. The van der Waals surface area contributed by atoms with Gasteiger partial charge in [0.1, 0.15) is 0 Å². The van der Waals surface area contributed by atoms with Gasteiger partial charge in [0.2, 0.25) is 0 Å². The number of aryl methyl sites for hydroxylation is 3. The Labute approximate surface area is 97.9 Å². The van der Waals surface area contributed by atoms with Crippen molar-refractivity contribution in [3.8, 4) is 0 Å². The van der Waals surface area contributed by atoms with Crippen LogP contribution in [-0.2, 0) is 11.2 Å². The highest BCUT2D eigenvalue weighted by molar-refractivity contribution is 5.89. The van der Waals surface area contributed by atoms with Gasteiger partial charge in [0, 0.05) is 6.42 Å². The van der Waals surface area contributed by atoms with E-state index in [0.29, 0.717) is 6.42 Å². The van der Waals surface area contributed by atoms with E-state index in [-0.39, 0.29) is 5.78 Å². The molecule has 2 nitrogen and oxygen atoms in total. The number of Topliss-reactive ketones (excluding diaryl/α,β-unsaturated/α-hetero) is 1. The summed E-state index contributed by atoms with van der Waals surface area (Å²) in [7, 11) is 0.